The minimum Gasteiger partial charge on any atom is -0.481 e. The van der Waals surface area contributed by atoms with Crippen molar-refractivity contribution >= 4 is 11.9 Å². The topological polar surface area (TPSA) is 75.1 Å². The summed E-state index contributed by atoms with van der Waals surface area (Å²) < 4.78 is 0. The first-order valence-electron chi connectivity index (χ1n) is 3.52. The molecule has 0 fully saturated rings. The van der Waals surface area contributed by atoms with E-state index in [1.807, 2.05) is 0 Å². The number of nitrogens with one attached hydrogen (secondary N) is 1. The van der Waals surface area contributed by atoms with Crippen LogP contribution in [0.5, 0.6) is 0 Å². The lowest BCUT2D eigenvalue weighted by Crippen LogP contribution is -2.09. The van der Waals surface area contributed by atoms with Crippen LogP contribution in [0.3, 0.4) is 0 Å². The van der Waals surface area contributed by atoms with Crippen LogP contribution in [0.1, 0.15) is 6.42 Å². The van der Waals surface area contributed by atoms with E-state index >= 15 is 0 Å². The van der Waals surface area contributed by atoms with Crippen molar-refractivity contribution in [3.8, 4) is 0 Å². The first-order valence-corrected chi connectivity index (χ1v) is 3.52. The molecule has 0 unspecified atom stereocenters. The van der Waals surface area contributed by atoms with E-state index in [4.69, 9.17) is 5.11 Å². The Labute approximate surface area is 69.5 Å². The van der Waals surface area contributed by atoms with E-state index in [-0.39, 0.29) is 6.42 Å². The zero-order valence-electron chi connectivity index (χ0n) is 6.40. The third-order valence-electron chi connectivity index (χ3n) is 1.19. The third kappa shape index (κ3) is 2.96. The van der Waals surface area contributed by atoms with Gasteiger partial charge in [0.25, 0.3) is 0 Å². The number of hydrogen-bond donors (Lipinski definition) is 2. The standard InChI is InChI=1S/C7H9N3O2/c11-6(12)2-5-10-7-8-3-1-4-9-7/h1,3-4H,2,5H2,(H,11,12)(H,8,9,10). The molecule has 0 aliphatic rings. The normalized spacial score (nSPS) is 9.33. The molecule has 2 N–H and O–H groups in total. The molecule has 0 aromatic carbocycles. The highest BCUT2D eigenvalue weighted by Gasteiger charge is 1.96. The van der Waals surface area contributed by atoms with E-state index in [1.54, 1.807) is 18.5 Å². The van der Waals surface area contributed by atoms with Crippen LogP contribution in [-0.2, 0) is 4.79 Å². The van der Waals surface area contributed by atoms with Gasteiger partial charge in [0.15, 0.2) is 0 Å². The fourth-order valence-corrected chi connectivity index (χ4v) is 0.672. The summed E-state index contributed by atoms with van der Waals surface area (Å²) in [6.45, 7) is 0.347. The Kier molecular flexibility index (Phi) is 3.01. The van der Waals surface area contributed by atoms with Gasteiger partial charge in [0.2, 0.25) is 5.95 Å². The molecule has 0 saturated heterocycles. The zero-order chi connectivity index (χ0) is 8.81. The summed E-state index contributed by atoms with van der Waals surface area (Å²) >= 11 is 0. The smallest absolute Gasteiger partial charge is 0.305 e. The molecule has 1 rings (SSSR count). The molecule has 0 atom stereocenters. The lowest BCUT2D eigenvalue weighted by molar-refractivity contribution is -0.136. The first kappa shape index (κ1) is 8.45. The molecular formula is C7H9N3O2. The Morgan fingerprint density at radius 1 is 1.50 bits per heavy atom. The Bertz CT molecular complexity index is 250. The number of carbonyl (C=O) groups is 1. The number of nitrogens with zero attached hydrogens (tertiary/aromatic N) is 2. The predicted octanol–water partition coefficient (Wildman–Crippen LogP) is 0.363. The Hall–Kier alpha value is -1.65. The number of hydrogen-bond acceptors (Lipinski definition) is 4. The van der Waals surface area contributed by atoms with E-state index in [0.29, 0.717) is 12.5 Å². The summed E-state index contributed by atoms with van der Waals surface area (Å²) in [4.78, 5) is 17.8. The van der Waals surface area contributed by atoms with Crippen LogP contribution < -0.4 is 5.32 Å². The third-order valence-corrected chi connectivity index (χ3v) is 1.19. The SMILES string of the molecule is O=C(O)CCNc1ncccn1. The van der Waals surface area contributed by atoms with E-state index in [9.17, 15) is 4.79 Å². The van der Waals surface area contributed by atoms with Crippen LogP contribution >= 0.6 is 0 Å². The van der Waals surface area contributed by atoms with E-state index in [2.05, 4.69) is 15.3 Å². The molecule has 1 aromatic rings. The number of anilines is 1. The summed E-state index contributed by atoms with van der Waals surface area (Å²) in [6.07, 6.45) is 3.25. The molecule has 0 spiro atoms. The zero-order valence-corrected chi connectivity index (χ0v) is 6.40. The maximum atomic E-state index is 10.1. The van der Waals surface area contributed by atoms with Gasteiger partial charge in [-0.05, 0) is 6.07 Å². The van der Waals surface area contributed by atoms with Crippen molar-refractivity contribution in [1.82, 2.24) is 9.97 Å². The number of aliphatic carboxylic acids is 1. The monoisotopic (exact) mass is 167 g/mol. The second-order valence-corrected chi connectivity index (χ2v) is 2.14. The molecule has 0 bridgehead atoms. The lowest BCUT2D eigenvalue weighted by atomic mass is 10.4. The molecule has 5 heteroatoms. The highest BCUT2D eigenvalue weighted by Crippen LogP contribution is 1.93. The summed E-state index contributed by atoms with van der Waals surface area (Å²) in [5.74, 6) is -0.378. The second kappa shape index (κ2) is 4.27. The minimum absolute atomic E-state index is 0.0677. The quantitative estimate of drug-likeness (QED) is 0.677. The maximum absolute atomic E-state index is 10.1. The van der Waals surface area contributed by atoms with Gasteiger partial charge in [0, 0.05) is 18.9 Å². The van der Waals surface area contributed by atoms with Gasteiger partial charge < -0.3 is 10.4 Å². The van der Waals surface area contributed by atoms with Crippen LogP contribution in [-0.4, -0.2) is 27.6 Å². The van der Waals surface area contributed by atoms with E-state index < -0.39 is 5.97 Å². The van der Waals surface area contributed by atoms with Crippen LogP contribution in [0, 0.1) is 0 Å². The minimum atomic E-state index is -0.835. The highest BCUT2D eigenvalue weighted by atomic mass is 16.4. The van der Waals surface area contributed by atoms with Crippen molar-refractivity contribution in [2.45, 2.75) is 6.42 Å². The lowest BCUT2D eigenvalue weighted by Gasteiger charge is -1.99. The van der Waals surface area contributed by atoms with Gasteiger partial charge in [-0.2, -0.15) is 0 Å². The summed E-state index contributed by atoms with van der Waals surface area (Å²) in [7, 11) is 0. The average molecular weight is 167 g/mol. The maximum Gasteiger partial charge on any atom is 0.305 e. The molecular weight excluding hydrogens is 158 g/mol. The molecule has 0 aliphatic heterocycles. The van der Waals surface area contributed by atoms with Crippen molar-refractivity contribution in [3.05, 3.63) is 18.5 Å². The molecule has 0 saturated carbocycles. The van der Waals surface area contributed by atoms with Gasteiger partial charge in [-0.25, -0.2) is 9.97 Å². The molecule has 12 heavy (non-hydrogen) atoms. The summed E-state index contributed by atoms with van der Waals surface area (Å²) in [6, 6.07) is 1.70. The van der Waals surface area contributed by atoms with Crippen molar-refractivity contribution in [3.63, 3.8) is 0 Å². The van der Waals surface area contributed by atoms with Gasteiger partial charge in [-0.3, -0.25) is 4.79 Å². The average Bonchev–Trinajstić information content (AvgIpc) is 2.05. The van der Waals surface area contributed by atoms with Crippen LogP contribution in [0.25, 0.3) is 0 Å². The van der Waals surface area contributed by atoms with Crippen molar-refractivity contribution < 1.29 is 9.90 Å². The number of carboxylic acid groups (broad SMARTS) is 1. The molecule has 5 nitrogen and oxygen atoms in total. The van der Waals surface area contributed by atoms with Crippen molar-refractivity contribution in [2.24, 2.45) is 0 Å². The van der Waals surface area contributed by atoms with Crippen LogP contribution in [0.15, 0.2) is 18.5 Å². The van der Waals surface area contributed by atoms with Crippen molar-refractivity contribution in [1.29, 1.82) is 0 Å². The molecule has 64 valence electrons. The Morgan fingerprint density at radius 3 is 2.75 bits per heavy atom. The predicted molar refractivity (Wildman–Crippen MR) is 42.8 cm³/mol. The highest BCUT2D eigenvalue weighted by molar-refractivity contribution is 5.67. The number of aromatic nitrogens is 2. The van der Waals surface area contributed by atoms with Crippen molar-refractivity contribution in [2.75, 3.05) is 11.9 Å². The Morgan fingerprint density at radius 2 is 2.17 bits per heavy atom. The summed E-state index contributed by atoms with van der Waals surface area (Å²) in [5.41, 5.74) is 0. The number of carboxylic acids is 1. The number of rotatable bonds is 4. The van der Waals surface area contributed by atoms with E-state index in [0.717, 1.165) is 0 Å². The van der Waals surface area contributed by atoms with Gasteiger partial charge in [-0.1, -0.05) is 0 Å². The Balaban J connectivity index is 2.29. The van der Waals surface area contributed by atoms with Crippen LogP contribution in [0.2, 0.25) is 0 Å². The largest absolute Gasteiger partial charge is 0.481 e. The molecule has 0 amide bonds. The molecule has 0 radical (unpaired) electrons. The van der Waals surface area contributed by atoms with E-state index in [1.165, 1.54) is 0 Å². The van der Waals surface area contributed by atoms with Gasteiger partial charge in [0.1, 0.15) is 0 Å². The fourth-order valence-electron chi connectivity index (χ4n) is 0.672. The van der Waals surface area contributed by atoms with Crippen LogP contribution in [0.4, 0.5) is 5.95 Å². The first-order chi connectivity index (χ1) is 5.79. The molecule has 1 heterocycles. The molecule has 1 aromatic heterocycles. The summed E-state index contributed by atoms with van der Waals surface area (Å²) in [5, 5.41) is 11.1. The van der Waals surface area contributed by atoms with Gasteiger partial charge >= 0.3 is 5.97 Å². The fraction of sp³-hybridized carbons (Fsp3) is 0.286. The second-order valence-electron chi connectivity index (χ2n) is 2.14. The van der Waals surface area contributed by atoms with Gasteiger partial charge in [-0.15, -0.1) is 0 Å². The molecule has 0 aliphatic carbocycles. The van der Waals surface area contributed by atoms with Gasteiger partial charge in [0.05, 0.1) is 6.42 Å².